The fourth-order valence-electron chi connectivity index (χ4n) is 4.95. The molecule has 2 aliphatic heterocycles. The summed E-state index contributed by atoms with van der Waals surface area (Å²) in [6.07, 6.45) is 0.0858. The monoisotopic (exact) mass is 412 g/mol. The van der Waals surface area contributed by atoms with Gasteiger partial charge in [0.1, 0.15) is 17.7 Å². The molecule has 5 aromatic rings. The van der Waals surface area contributed by atoms with E-state index in [9.17, 15) is 0 Å². The topological polar surface area (TPSA) is 33.3 Å². The van der Waals surface area contributed by atoms with Gasteiger partial charge in [-0.25, -0.2) is 0 Å². The van der Waals surface area contributed by atoms with Crippen molar-refractivity contribution >= 4 is 22.1 Å². The summed E-state index contributed by atoms with van der Waals surface area (Å²) in [6.45, 7) is 0. The molecule has 0 saturated heterocycles. The fraction of sp³-hybridized carbons (Fsp3) is 0.0345. The lowest BCUT2D eigenvalue weighted by atomic mass is 9.90. The highest BCUT2D eigenvalue weighted by molar-refractivity contribution is 6.10. The van der Waals surface area contributed by atoms with Gasteiger partial charge in [-0.3, -0.25) is 0 Å². The molecule has 3 heteroatoms. The van der Waals surface area contributed by atoms with Gasteiger partial charge in [0.2, 0.25) is 0 Å². The first kappa shape index (κ1) is 17.4. The Morgan fingerprint density at radius 1 is 0.562 bits per heavy atom. The first-order chi connectivity index (χ1) is 15.8. The van der Waals surface area contributed by atoms with Gasteiger partial charge in [-0.2, -0.15) is 0 Å². The Bertz CT molecular complexity index is 1510. The Hall–Kier alpha value is -4.24. The fourth-order valence-corrected chi connectivity index (χ4v) is 4.95. The number of fused-ring (bicyclic) bond motifs is 3. The third-order valence-corrected chi connectivity index (χ3v) is 6.46. The van der Waals surface area contributed by atoms with Crippen molar-refractivity contribution in [2.24, 2.45) is 0 Å². The highest BCUT2D eigenvalue weighted by Crippen LogP contribution is 2.49. The van der Waals surface area contributed by atoms with Crippen LogP contribution < -0.4 is 15.4 Å². The highest BCUT2D eigenvalue weighted by atomic mass is 16.5. The van der Waals surface area contributed by atoms with Crippen molar-refractivity contribution < 1.29 is 4.74 Å². The molecule has 152 valence electrons. The van der Waals surface area contributed by atoms with E-state index in [4.69, 9.17) is 4.74 Å². The predicted octanol–water partition coefficient (Wildman–Crippen LogP) is 7.82. The number of para-hydroxylation sites is 1. The normalized spacial score (nSPS) is 15.3. The molecule has 32 heavy (non-hydrogen) atoms. The number of nitrogens with one attached hydrogen (secondary N) is 2. The Kier molecular flexibility index (Phi) is 3.61. The summed E-state index contributed by atoms with van der Waals surface area (Å²) in [5.41, 5.74) is 8.25. The van der Waals surface area contributed by atoms with Gasteiger partial charge in [0.05, 0.1) is 11.4 Å². The van der Waals surface area contributed by atoms with Crippen LogP contribution in [-0.2, 0) is 0 Å². The summed E-state index contributed by atoms with van der Waals surface area (Å²) in [6, 6.07) is 36.1. The molecule has 0 amide bonds. The molecular weight excluding hydrogens is 392 g/mol. The van der Waals surface area contributed by atoms with Crippen molar-refractivity contribution in [3.05, 3.63) is 109 Å². The molecule has 0 spiro atoms. The quantitative estimate of drug-likeness (QED) is 0.304. The van der Waals surface area contributed by atoms with Crippen molar-refractivity contribution in [2.45, 2.75) is 6.17 Å². The molecular formula is C29H20N2O. The van der Waals surface area contributed by atoms with E-state index in [0.29, 0.717) is 0 Å². The molecule has 0 aliphatic carbocycles. The summed E-state index contributed by atoms with van der Waals surface area (Å²) in [4.78, 5) is 0. The van der Waals surface area contributed by atoms with Crippen LogP contribution in [0.5, 0.6) is 11.5 Å². The molecule has 3 nitrogen and oxygen atoms in total. The molecule has 0 bridgehead atoms. The summed E-state index contributed by atoms with van der Waals surface area (Å²) < 4.78 is 6.26. The van der Waals surface area contributed by atoms with E-state index in [-0.39, 0.29) is 6.17 Å². The number of rotatable bonds is 2. The van der Waals surface area contributed by atoms with Crippen LogP contribution in [0.1, 0.15) is 11.7 Å². The van der Waals surface area contributed by atoms with E-state index in [1.165, 1.54) is 33.0 Å². The molecule has 0 aromatic heterocycles. The summed E-state index contributed by atoms with van der Waals surface area (Å²) >= 11 is 0. The standard InChI is InChI=1S/C29H20N2O/c1-2-7-18(8-3-1)29-30-24-15-13-19(17-25(24)31-29)20-14-16-27-28-22(20)10-6-11-23(28)21-9-4-5-12-26(21)32-27/h1-17,29-31H. The van der Waals surface area contributed by atoms with Crippen LogP contribution in [0.15, 0.2) is 103 Å². The number of hydrogen-bond donors (Lipinski definition) is 2. The smallest absolute Gasteiger partial charge is 0.135 e. The third-order valence-electron chi connectivity index (χ3n) is 6.46. The van der Waals surface area contributed by atoms with E-state index >= 15 is 0 Å². The van der Waals surface area contributed by atoms with Gasteiger partial charge < -0.3 is 15.4 Å². The molecule has 2 N–H and O–H groups in total. The van der Waals surface area contributed by atoms with Gasteiger partial charge in [0, 0.05) is 10.9 Å². The minimum Gasteiger partial charge on any atom is -0.456 e. The Morgan fingerprint density at radius 3 is 2.31 bits per heavy atom. The van der Waals surface area contributed by atoms with Gasteiger partial charge in [0.15, 0.2) is 0 Å². The lowest BCUT2D eigenvalue weighted by molar-refractivity contribution is 0.487. The molecule has 2 aliphatic rings. The zero-order valence-electron chi connectivity index (χ0n) is 17.3. The molecule has 5 aromatic carbocycles. The predicted molar refractivity (Wildman–Crippen MR) is 131 cm³/mol. The lowest BCUT2D eigenvalue weighted by Gasteiger charge is -2.22. The second-order valence-electron chi connectivity index (χ2n) is 8.33. The first-order valence-electron chi connectivity index (χ1n) is 10.9. The number of benzene rings is 5. The lowest BCUT2D eigenvalue weighted by Crippen LogP contribution is -2.11. The largest absolute Gasteiger partial charge is 0.456 e. The van der Waals surface area contributed by atoms with Crippen molar-refractivity contribution in [3.8, 4) is 33.8 Å². The molecule has 1 atom stereocenters. The molecule has 0 fully saturated rings. The number of ether oxygens (including phenoxy) is 1. The SMILES string of the molecule is c1ccc(C2Nc3ccc(-c4ccc5c6c(cccc46)-c4ccccc4O5)cc3N2)cc1. The van der Waals surface area contributed by atoms with Crippen LogP contribution >= 0.6 is 0 Å². The van der Waals surface area contributed by atoms with Crippen LogP contribution in [-0.4, -0.2) is 0 Å². The number of anilines is 2. The average Bonchev–Trinajstić information content (AvgIpc) is 3.29. The van der Waals surface area contributed by atoms with Crippen LogP contribution in [0.2, 0.25) is 0 Å². The highest BCUT2D eigenvalue weighted by Gasteiger charge is 2.23. The van der Waals surface area contributed by atoms with Crippen molar-refractivity contribution in [1.82, 2.24) is 0 Å². The van der Waals surface area contributed by atoms with E-state index in [1.54, 1.807) is 0 Å². The summed E-state index contributed by atoms with van der Waals surface area (Å²) in [5.74, 6) is 1.84. The number of hydrogen-bond acceptors (Lipinski definition) is 3. The maximum absolute atomic E-state index is 6.26. The second kappa shape index (κ2) is 6.63. The van der Waals surface area contributed by atoms with Crippen molar-refractivity contribution in [3.63, 3.8) is 0 Å². The molecule has 2 heterocycles. The third kappa shape index (κ3) is 2.55. The Morgan fingerprint density at radius 2 is 1.38 bits per heavy atom. The average molecular weight is 412 g/mol. The van der Waals surface area contributed by atoms with Gasteiger partial charge in [0.25, 0.3) is 0 Å². The zero-order chi connectivity index (χ0) is 21.1. The minimum atomic E-state index is 0.0858. The Balaban J connectivity index is 1.34. The van der Waals surface area contributed by atoms with E-state index in [0.717, 1.165) is 28.4 Å². The zero-order valence-corrected chi connectivity index (χ0v) is 17.3. The van der Waals surface area contributed by atoms with Gasteiger partial charge in [-0.1, -0.05) is 78.9 Å². The van der Waals surface area contributed by atoms with E-state index < -0.39 is 0 Å². The Labute approximate surface area is 186 Å². The van der Waals surface area contributed by atoms with E-state index in [1.807, 2.05) is 18.2 Å². The van der Waals surface area contributed by atoms with Crippen molar-refractivity contribution in [1.29, 1.82) is 0 Å². The molecule has 1 unspecified atom stereocenters. The summed E-state index contributed by atoms with van der Waals surface area (Å²) in [7, 11) is 0. The van der Waals surface area contributed by atoms with Crippen molar-refractivity contribution in [2.75, 3.05) is 10.6 Å². The van der Waals surface area contributed by atoms with Crippen LogP contribution in [0.25, 0.3) is 33.0 Å². The van der Waals surface area contributed by atoms with Gasteiger partial charge in [-0.05, 0) is 51.9 Å². The maximum atomic E-state index is 6.26. The van der Waals surface area contributed by atoms with E-state index in [2.05, 4.69) is 95.6 Å². The van der Waals surface area contributed by atoms with Gasteiger partial charge in [-0.15, -0.1) is 0 Å². The summed E-state index contributed by atoms with van der Waals surface area (Å²) in [5, 5.41) is 9.60. The van der Waals surface area contributed by atoms with Crippen LogP contribution in [0.4, 0.5) is 11.4 Å². The second-order valence-corrected chi connectivity index (χ2v) is 8.33. The van der Waals surface area contributed by atoms with Crippen LogP contribution in [0, 0.1) is 0 Å². The molecule has 7 rings (SSSR count). The van der Waals surface area contributed by atoms with Crippen LogP contribution in [0.3, 0.4) is 0 Å². The molecule has 0 radical (unpaired) electrons. The molecule has 0 saturated carbocycles. The first-order valence-corrected chi connectivity index (χ1v) is 10.9. The van der Waals surface area contributed by atoms with Gasteiger partial charge >= 0.3 is 0 Å². The minimum absolute atomic E-state index is 0.0858. The maximum Gasteiger partial charge on any atom is 0.135 e.